The van der Waals surface area contributed by atoms with Gasteiger partial charge < -0.3 is 28.4 Å². The number of ether oxygens (including phenoxy) is 6. The highest BCUT2D eigenvalue weighted by Gasteiger charge is 2.35. The van der Waals surface area contributed by atoms with Crippen LogP contribution in [-0.2, 0) is 0 Å². The minimum atomic E-state index is 0.529. The average Bonchev–Trinajstić information content (AvgIpc) is 3.52. The maximum atomic E-state index is 6.37. The van der Waals surface area contributed by atoms with Crippen molar-refractivity contribution in [3.05, 3.63) is 35.0 Å². The van der Waals surface area contributed by atoms with Crippen molar-refractivity contribution in [1.29, 1.82) is 0 Å². The highest BCUT2D eigenvalue weighted by Crippen LogP contribution is 2.64. The van der Waals surface area contributed by atoms with Crippen molar-refractivity contribution in [2.45, 2.75) is 0 Å². The summed E-state index contributed by atoms with van der Waals surface area (Å²) in [5.41, 5.74) is 0. The van der Waals surface area contributed by atoms with E-state index < -0.39 is 0 Å². The van der Waals surface area contributed by atoms with Crippen LogP contribution in [0.4, 0.5) is 0 Å². The Hall–Kier alpha value is -2.88. The van der Waals surface area contributed by atoms with Crippen LogP contribution in [0.2, 0.25) is 0 Å². The molecule has 0 amide bonds. The first-order valence-electron chi connectivity index (χ1n) is 9.73. The van der Waals surface area contributed by atoms with Gasteiger partial charge >= 0.3 is 0 Å². The molecule has 1 aromatic carbocycles. The number of rotatable bonds is 2. The fraction of sp³-hybridized carbons (Fsp3) is 0.182. The van der Waals surface area contributed by atoms with E-state index in [0.717, 1.165) is 42.5 Å². The summed E-state index contributed by atoms with van der Waals surface area (Å²) in [5.74, 6) is 5.85. The third-order valence-electron chi connectivity index (χ3n) is 5.11. The lowest BCUT2D eigenvalue weighted by molar-refractivity contribution is 0.174. The third-order valence-corrected chi connectivity index (χ3v) is 8.47. The van der Waals surface area contributed by atoms with Gasteiger partial charge in [-0.15, -0.1) is 34.0 Å². The molecule has 0 unspecified atom stereocenters. The van der Waals surface area contributed by atoms with Gasteiger partial charge in [0.2, 0.25) is 0 Å². The summed E-state index contributed by atoms with van der Waals surface area (Å²) in [5, 5.41) is 3.97. The van der Waals surface area contributed by atoms with Crippen molar-refractivity contribution in [1.82, 2.24) is 0 Å². The molecule has 3 aromatic heterocycles. The van der Waals surface area contributed by atoms with Gasteiger partial charge in [0.1, 0.15) is 26.4 Å². The number of fused-ring (bicyclic) bond motifs is 4. The molecule has 0 spiro atoms. The SMILES string of the molecule is c1ccc2c(c1)Oc1c(-c3scc4c3OCCO4)sc(-c3scc4c3OCCO4)c1O2. The Bertz CT molecular complexity index is 1220. The summed E-state index contributed by atoms with van der Waals surface area (Å²) < 4.78 is 36.2. The van der Waals surface area contributed by atoms with Crippen LogP contribution in [-0.4, -0.2) is 26.4 Å². The predicted octanol–water partition coefficient (Wildman–Crippen LogP) is 6.65. The maximum absolute atomic E-state index is 6.37. The highest BCUT2D eigenvalue weighted by atomic mass is 32.1. The molecule has 0 saturated carbocycles. The molecule has 0 N–H and O–H groups in total. The van der Waals surface area contributed by atoms with E-state index in [0.29, 0.717) is 49.4 Å². The van der Waals surface area contributed by atoms with Crippen molar-refractivity contribution in [2.24, 2.45) is 0 Å². The standard InChI is InChI=1S/C22H14O6S3/c1-2-4-12-11(3-1)27-17-18(28-12)22(20-16-14(10-30-20)24-6-8-26-16)31-21(17)19-15-13(9-29-19)23-5-7-25-15/h1-4,9-10H,5-8H2. The summed E-state index contributed by atoms with van der Waals surface area (Å²) in [6.07, 6.45) is 0. The quantitative estimate of drug-likeness (QED) is 0.288. The molecule has 6 nitrogen and oxygen atoms in total. The molecule has 0 bridgehead atoms. The van der Waals surface area contributed by atoms with Gasteiger partial charge in [-0.25, -0.2) is 0 Å². The Morgan fingerprint density at radius 2 is 1.00 bits per heavy atom. The molecule has 0 aliphatic carbocycles. The van der Waals surface area contributed by atoms with Crippen LogP contribution >= 0.6 is 34.0 Å². The second-order valence-electron chi connectivity index (χ2n) is 6.98. The number of hydrogen-bond acceptors (Lipinski definition) is 9. The summed E-state index contributed by atoms with van der Waals surface area (Å²) in [6, 6.07) is 7.69. The van der Waals surface area contributed by atoms with Crippen LogP contribution in [0, 0.1) is 0 Å². The molecule has 9 heteroatoms. The van der Waals surface area contributed by atoms with Crippen molar-refractivity contribution in [3.63, 3.8) is 0 Å². The van der Waals surface area contributed by atoms with Crippen LogP contribution in [0.5, 0.6) is 46.0 Å². The highest BCUT2D eigenvalue weighted by molar-refractivity contribution is 7.27. The zero-order valence-electron chi connectivity index (χ0n) is 16.0. The van der Waals surface area contributed by atoms with E-state index in [1.165, 1.54) is 0 Å². The second kappa shape index (κ2) is 6.81. The Kier molecular flexibility index (Phi) is 3.90. The van der Waals surface area contributed by atoms with E-state index in [4.69, 9.17) is 28.4 Å². The third kappa shape index (κ3) is 2.67. The lowest BCUT2D eigenvalue weighted by Gasteiger charge is -2.20. The first-order chi connectivity index (χ1) is 15.4. The zero-order chi connectivity index (χ0) is 20.4. The Balaban J connectivity index is 1.44. The molecular formula is C22H14O6S3. The fourth-order valence-corrected chi connectivity index (χ4v) is 7.06. The van der Waals surface area contributed by atoms with Gasteiger partial charge in [0.15, 0.2) is 46.0 Å². The van der Waals surface area contributed by atoms with E-state index in [1.807, 2.05) is 35.0 Å². The molecule has 7 rings (SSSR count). The first-order valence-corrected chi connectivity index (χ1v) is 12.3. The van der Waals surface area contributed by atoms with Crippen molar-refractivity contribution < 1.29 is 28.4 Å². The van der Waals surface area contributed by atoms with Crippen LogP contribution < -0.4 is 28.4 Å². The first kappa shape index (κ1) is 17.8. The summed E-state index contributed by atoms with van der Waals surface area (Å²) >= 11 is 4.78. The minimum Gasteiger partial charge on any atom is -0.485 e. The molecule has 31 heavy (non-hydrogen) atoms. The number of hydrogen-bond donors (Lipinski definition) is 0. The summed E-state index contributed by atoms with van der Waals surface area (Å²) in [6.45, 7) is 2.17. The lowest BCUT2D eigenvalue weighted by Crippen LogP contribution is -2.14. The smallest absolute Gasteiger partial charge is 0.190 e. The molecule has 6 heterocycles. The van der Waals surface area contributed by atoms with E-state index in [2.05, 4.69) is 0 Å². The molecule has 0 atom stereocenters. The van der Waals surface area contributed by atoms with Gasteiger partial charge in [0.05, 0.1) is 19.5 Å². The van der Waals surface area contributed by atoms with Crippen LogP contribution in [0.3, 0.4) is 0 Å². The van der Waals surface area contributed by atoms with Crippen molar-refractivity contribution in [2.75, 3.05) is 26.4 Å². The van der Waals surface area contributed by atoms with Gasteiger partial charge in [-0.2, -0.15) is 0 Å². The van der Waals surface area contributed by atoms with Crippen LogP contribution in [0.1, 0.15) is 0 Å². The number of para-hydroxylation sites is 2. The van der Waals surface area contributed by atoms with Gasteiger partial charge in [-0.05, 0) is 12.1 Å². The lowest BCUT2D eigenvalue weighted by atomic mass is 10.2. The molecule has 0 radical (unpaired) electrons. The van der Waals surface area contributed by atoms with Gasteiger partial charge in [-0.1, -0.05) is 12.1 Å². The van der Waals surface area contributed by atoms with Crippen molar-refractivity contribution >= 4 is 34.0 Å². The molecule has 4 aromatic rings. The summed E-state index contributed by atoms with van der Waals surface area (Å²) in [4.78, 5) is 3.87. The Morgan fingerprint density at radius 3 is 1.52 bits per heavy atom. The molecule has 0 saturated heterocycles. The molecular weight excluding hydrogens is 456 g/mol. The Morgan fingerprint density at radius 1 is 0.516 bits per heavy atom. The van der Waals surface area contributed by atoms with E-state index in [1.54, 1.807) is 34.0 Å². The molecule has 3 aliphatic rings. The molecule has 3 aliphatic heterocycles. The van der Waals surface area contributed by atoms with Gasteiger partial charge in [0, 0.05) is 10.8 Å². The summed E-state index contributed by atoms with van der Waals surface area (Å²) in [7, 11) is 0. The Labute approximate surface area is 189 Å². The monoisotopic (exact) mass is 470 g/mol. The van der Waals surface area contributed by atoms with E-state index in [9.17, 15) is 0 Å². The number of thiophene rings is 3. The van der Waals surface area contributed by atoms with Gasteiger partial charge in [-0.3, -0.25) is 0 Å². The predicted molar refractivity (Wildman–Crippen MR) is 120 cm³/mol. The van der Waals surface area contributed by atoms with Crippen LogP contribution in [0.25, 0.3) is 19.5 Å². The zero-order valence-corrected chi connectivity index (χ0v) is 18.4. The van der Waals surface area contributed by atoms with Gasteiger partial charge in [0.25, 0.3) is 0 Å². The largest absolute Gasteiger partial charge is 0.485 e. The van der Waals surface area contributed by atoms with E-state index in [-0.39, 0.29) is 0 Å². The van der Waals surface area contributed by atoms with E-state index >= 15 is 0 Å². The second-order valence-corrected chi connectivity index (χ2v) is 9.76. The molecule has 156 valence electrons. The normalized spacial score (nSPS) is 15.5. The van der Waals surface area contributed by atoms with Crippen LogP contribution in [0.15, 0.2) is 35.0 Å². The maximum Gasteiger partial charge on any atom is 0.190 e. The molecule has 0 fully saturated rings. The fourth-order valence-electron chi connectivity index (χ4n) is 3.76. The number of benzene rings is 1. The minimum absolute atomic E-state index is 0.529. The van der Waals surface area contributed by atoms with Crippen molar-refractivity contribution in [3.8, 4) is 65.5 Å². The topological polar surface area (TPSA) is 55.4 Å². The average molecular weight is 471 g/mol.